The molecule has 1 atom stereocenters. The molecule has 0 radical (unpaired) electrons. The summed E-state index contributed by atoms with van der Waals surface area (Å²) >= 11 is 5.85. The normalized spacial score (nSPS) is 15.2. The monoisotopic (exact) mass is 301 g/mol. The quantitative estimate of drug-likeness (QED) is 0.916. The van der Waals surface area contributed by atoms with Crippen molar-refractivity contribution in [2.45, 2.75) is 18.9 Å². The van der Waals surface area contributed by atoms with E-state index in [0.717, 1.165) is 23.1 Å². The molecule has 0 saturated heterocycles. The van der Waals surface area contributed by atoms with E-state index in [1.54, 1.807) is 6.07 Å². The highest BCUT2D eigenvalue weighted by Gasteiger charge is 2.18. The van der Waals surface area contributed by atoms with Gasteiger partial charge in [-0.2, -0.15) is 0 Å². The summed E-state index contributed by atoms with van der Waals surface area (Å²) in [7, 11) is 0. The number of hydrogen-bond acceptors (Lipinski definition) is 2. The number of aliphatic hydroxyl groups is 1. The minimum Gasteiger partial charge on any atom is -0.388 e. The molecule has 1 aliphatic rings. The van der Waals surface area contributed by atoms with Gasteiger partial charge in [-0.05, 0) is 41.3 Å². The summed E-state index contributed by atoms with van der Waals surface area (Å²) < 4.78 is 0. The second kappa shape index (κ2) is 5.88. The molecular weight excluding hydrogens is 286 g/mol. The third-order valence-electron chi connectivity index (χ3n) is 3.79. The van der Waals surface area contributed by atoms with Crippen LogP contribution in [0.3, 0.4) is 0 Å². The second-order valence-electron chi connectivity index (χ2n) is 5.27. The summed E-state index contributed by atoms with van der Waals surface area (Å²) in [6.45, 7) is 0.679. The van der Waals surface area contributed by atoms with E-state index in [4.69, 9.17) is 11.6 Å². The van der Waals surface area contributed by atoms with Crippen LogP contribution in [0.15, 0.2) is 42.5 Å². The largest absolute Gasteiger partial charge is 0.388 e. The van der Waals surface area contributed by atoms with Gasteiger partial charge in [-0.25, -0.2) is 0 Å². The number of nitrogens with one attached hydrogen (secondary N) is 1. The minimum atomic E-state index is -0.633. The van der Waals surface area contributed by atoms with Crippen molar-refractivity contribution in [3.8, 4) is 0 Å². The number of amides is 1. The van der Waals surface area contributed by atoms with Crippen LogP contribution < -0.4 is 5.32 Å². The van der Waals surface area contributed by atoms with Crippen molar-refractivity contribution in [1.29, 1.82) is 0 Å². The molecule has 0 aliphatic carbocycles. The van der Waals surface area contributed by atoms with Gasteiger partial charge in [-0.15, -0.1) is 0 Å². The molecular formula is C17H16ClNO2. The van der Waals surface area contributed by atoms with Crippen LogP contribution in [-0.4, -0.2) is 17.6 Å². The molecule has 1 amide bonds. The Morgan fingerprint density at radius 1 is 1.19 bits per heavy atom. The number of halogens is 1. The van der Waals surface area contributed by atoms with Gasteiger partial charge in [0.2, 0.25) is 0 Å². The van der Waals surface area contributed by atoms with Crippen LogP contribution >= 0.6 is 11.6 Å². The Balaban J connectivity index is 1.81. The fraction of sp³-hybridized carbons (Fsp3) is 0.235. The highest BCUT2D eigenvalue weighted by Crippen LogP contribution is 2.23. The minimum absolute atomic E-state index is 0.0585. The first-order valence-electron chi connectivity index (χ1n) is 6.97. The lowest BCUT2D eigenvalue weighted by Gasteiger charge is -2.19. The van der Waals surface area contributed by atoms with E-state index in [1.807, 2.05) is 36.4 Å². The lowest BCUT2D eigenvalue weighted by Crippen LogP contribution is -2.31. The topological polar surface area (TPSA) is 49.3 Å². The lowest BCUT2D eigenvalue weighted by molar-refractivity contribution is 0.0945. The van der Waals surface area contributed by atoms with Gasteiger partial charge in [0.15, 0.2) is 0 Å². The molecule has 4 heteroatoms. The maximum Gasteiger partial charge on any atom is 0.251 e. The Labute approximate surface area is 128 Å². The smallest absolute Gasteiger partial charge is 0.251 e. The third-order valence-corrected chi connectivity index (χ3v) is 4.04. The van der Waals surface area contributed by atoms with E-state index in [9.17, 15) is 9.90 Å². The number of hydrogen-bond donors (Lipinski definition) is 2. The van der Waals surface area contributed by atoms with Crippen LogP contribution in [0.4, 0.5) is 0 Å². The van der Waals surface area contributed by atoms with Gasteiger partial charge in [0.1, 0.15) is 0 Å². The first-order valence-corrected chi connectivity index (χ1v) is 7.35. The average molecular weight is 302 g/mol. The van der Waals surface area contributed by atoms with Crippen LogP contribution in [-0.2, 0) is 12.8 Å². The van der Waals surface area contributed by atoms with Gasteiger partial charge >= 0.3 is 0 Å². The summed E-state index contributed by atoms with van der Waals surface area (Å²) in [4.78, 5) is 11.8. The molecule has 0 aromatic heterocycles. The van der Waals surface area contributed by atoms with Crippen molar-refractivity contribution in [2.75, 3.05) is 6.54 Å². The molecule has 0 fully saturated rings. The fourth-order valence-corrected chi connectivity index (χ4v) is 2.72. The van der Waals surface area contributed by atoms with Crippen molar-refractivity contribution < 1.29 is 9.90 Å². The molecule has 1 aliphatic heterocycles. The Hall–Kier alpha value is -1.84. The van der Waals surface area contributed by atoms with Gasteiger partial charge in [0.25, 0.3) is 5.91 Å². The standard InChI is InChI=1S/C17H16ClNO2/c18-14-5-1-11(2-6-14)9-16(20)13-4-3-12-7-8-19-17(21)15(12)10-13/h1-6,10,16,20H,7-9H2,(H,19,21). The van der Waals surface area contributed by atoms with Gasteiger partial charge < -0.3 is 10.4 Å². The van der Waals surface area contributed by atoms with Crippen LogP contribution in [0.2, 0.25) is 5.02 Å². The summed E-state index contributed by atoms with van der Waals surface area (Å²) in [6.07, 6.45) is 0.706. The Morgan fingerprint density at radius 2 is 1.95 bits per heavy atom. The zero-order chi connectivity index (χ0) is 14.8. The second-order valence-corrected chi connectivity index (χ2v) is 5.71. The number of fused-ring (bicyclic) bond motifs is 1. The van der Waals surface area contributed by atoms with E-state index in [1.165, 1.54) is 0 Å². The molecule has 1 unspecified atom stereocenters. The molecule has 3 rings (SSSR count). The van der Waals surface area contributed by atoms with E-state index >= 15 is 0 Å². The van der Waals surface area contributed by atoms with Crippen molar-refractivity contribution >= 4 is 17.5 Å². The van der Waals surface area contributed by atoms with Crippen LogP contribution in [0.25, 0.3) is 0 Å². The molecule has 2 aromatic carbocycles. The molecule has 0 bridgehead atoms. The first kappa shape index (κ1) is 14.1. The zero-order valence-electron chi connectivity index (χ0n) is 11.5. The maximum absolute atomic E-state index is 11.8. The van der Waals surface area contributed by atoms with Crippen LogP contribution in [0.5, 0.6) is 0 Å². The van der Waals surface area contributed by atoms with E-state index in [0.29, 0.717) is 23.6 Å². The van der Waals surface area contributed by atoms with Crippen LogP contribution in [0.1, 0.15) is 33.2 Å². The molecule has 108 valence electrons. The lowest BCUT2D eigenvalue weighted by atomic mass is 9.94. The highest BCUT2D eigenvalue weighted by atomic mass is 35.5. The van der Waals surface area contributed by atoms with Crippen molar-refractivity contribution in [1.82, 2.24) is 5.32 Å². The Bertz CT molecular complexity index is 667. The number of aliphatic hydroxyl groups excluding tert-OH is 1. The molecule has 0 saturated carbocycles. The van der Waals surface area contributed by atoms with Crippen LogP contribution in [0, 0.1) is 0 Å². The third kappa shape index (κ3) is 3.09. The predicted molar refractivity (Wildman–Crippen MR) is 82.6 cm³/mol. The molecule has 1 heterocycles. The van der Waals surface area contributed by atoms with Crippen molar-refractivity contribution in [3.05, 3.63) is 69.7 Å². The highest BCUT2D eigenvalue weighted by molar-refractivity contribution is 6.30. The number of rotatable bonds is 3. The summed E-state index contributed by atoms with van der Waals surface area (Å²) in [6, 6.07) is 13.1. The number of carbonyl (C=O) groups excluding carboxylic acids is 1. The first-order chi connectivity index (χ1) is 10.1. The summed E-state index contributed by atoms with van der Waals surface area (Å²) in [5, 5.41) is 13.9. The van der Waals surface area contributed by atoms with E-state index in [-0.39, 0.29) is 5.91 Å². The molecule has 2 N–H and O–H groups in total. The van der Waals surface area contributed by atoms with Crippen molar-refractivity contribution in [2.24, 2.45) is 0 Å². The van der Waals surface area contributed by atoms with Gasteiger partial charge in [0.05, 0.1) is 6.10 Å². The van der Waals surface area contributed by atoms with Gasteiger partial charge in [0, 0.05) is 23.6 Å². The predicted octanol–water partition coefficient (Wildman–Crippen LogP) is 2.90. The molecule has 21 heavy (non-hydrogen) atoms. The summed E-state index contributed by atoms with van der Waals surface area (Å²) in [5.74, 6) is -0.0585. The Kier molecular flexibility index (Phi) is 3.95. The van der Waals surface area contributed by atoms with E-state index < -0.39 is 6.10 Å². The SMILES string of the molecule is O=C1NCCc2ccc(C(O)Cc3ccc(Cl)cc3)cc21. The maximum atomic E-state index is 11.8. The zero-order valence-corrected chi connectivity index (χ0v) is 12.2. The molecule has 3 nitrogen and oxygen atoms in total. The number of benzene rings is 2. The molecule has 2 aromatic rings. The van der Waals surface area contributed by atoms with Crippen molar-refractivity contribution in [3.63, 3.8) is 0 Å². The number of carbonyl (C=O) groups is 1. The average Bonchev–Trinajstić information content (AvgIpc) is 2.50. The Morgan fingerprint density at radius 3 is 2.71 bits per heavy atom. The molecule has 0 spiro atoms. The van der Waals surface area contributed by atoms with Gasteiger partial charge in [-0.1, -0.05) is 35.9 Å². The summed E-state index contributed by atoms with van der Waals surface area (Å²) in [5.41, 5.74) is 3.49. The van der Waals surface area contributed by atoms with Gasteiger partial charge in [-0.3, -0.25) is 4.79 Å². The van der Waals surface area contributed by atoms with E-state index in [2.05, 4.69) is 5.32 Å². The fourth-order valence-electron chi connectivity index (χ4n) is 2.60.